The molecule has 1 amide bonds. The SMILES string of the molecule is Cc1cc(Cl)cc(C(=O)N(C)CC(C)(C)O)c1. The van der Waals surface area contributed by atoms with Crippen LogP contribution in [-0.2, 0) is 0 Å². The molecular formula is C13H18ClNO2. The van der Waals surface area contributed by atoms with Crippen molar-refractivity contribution < 1.29 is 9.90 Å². The zero-order chi connectivity index (χ0) is 13.2. The fraction of sp³-hybridized carbons (Fsp3) is 0.462. The summed E-state index contributed by atoms with van der Waals surface area (Å²) in [5, 5.41) is 10.2. The van der Waals surface area contributed by atoms with Crippen molar-refractivity contribution in [1.29, 1.82) is 0 Å². The van der Waals surface area contributed by atoms with Gasteiger partial charge in [0.15, 0.2) is 0 Å². The van der Waals surface area contributed by atoms with Crippen LogP contribution in [0.25, 0.3) is 0 Å². The fourth-order valence-electron chi connectivity index (χ4n) is 1.73. The predicted octanol–water partition coefficient (Wildman–Crippen LogP) is 2.49. The molecule has 1 aromatic rings. The summed E-state index contributed by atoms with van der Waals surface area (Å²) >= 11 is 5.91. The van der Waals surface area contributed by atoms with E-state index in [1.807, 2.05) is 6.92 Å². The van der Waals surface area contributed by atoms with Crippen molar-refractivity contribution in [3.8, 4) is 0 Å². The van der Waals surface area contributed by atoms with Gasteiger partial charge in [-0.25, -0.2) is 0 Å². The van der Waals surface area contributed by atoms with Gasteiger partial charge in [0, 0.05) is 24.2 Å². The van der Waals surface area contributed by atoms with Crippen LogP contribution in [0.2, 0.25) is 5.02 Å². The Morgan fingerprint density at radius 2 is 2.00 bits per heavy atom. The van der Waals surface area contributed by atoms with Gasteiger partial charge in [0.05, 0.1) is 5.60 Å². The third-order valence-corrected chi connectivity index (χ3v) is 2.48. The lowest BCUT2D eigenvalue weighted by Crippen LogP contribution is -2.39. The Kier molecular flexibility index (Phi) is 4.17. The Bertz CT molecular complexity index is 404. The summed E-state index contributed by atoms with van der Waals surface area (Å²) in [6, 6.07) is 5.22. The van der Waals surface area contributed by atoms with Crippen LogP contribution in [0.3, 0.4) is 0 Å². The smallest absolute Gasteiger partial charge is 0.253 e. The molecule has 0 heterocycles. The highest BCUT2D eigenvalue weighted by molar-refractivity contribution is 6.31. The van der Waals surface area contributed by atoms with Crippen LogP contribution in [0.4, 0.5) is 0 Å². The number of hydrogen-bond donors (Lipinski definition) is 1. The Morgan fingerprint density at radius 1 is 1.41 bits per heavy atom. The summed E-state index contributed by atoms with van der Waals surface area (Å²) in [6.45, 7) is 5.50. The van der Waals surface area contributed by atoms with Crippen molar-refractivity contribution in [3.63, 3.8) is 0 Å². The number of benzene rings is 1. The number of carbonyl (C=O) groups excluding carboxylic acids is 1. The van der Waals surface area contributed by atoms with E-state index < -0.39 is 5.60 Å². The Balaban J connectivity index is 2.89. The molecule has 17 heavy (non-hydrogen) atoms. The molecule has 3 nitrogen and oxygen atoms in total. The maximum atomic E-state index is 12.1. The minimum atomic E-state index is -0.905. The van der Waals surface area contributed by atoms with Crippen LogP contribution in [0.5, 0.6) is 0 Å². The van der Waals surface area contributed by atoms with Crippen molar-refractivity contribution in [2.75, 3.05) is 13.6 Å². The molecule has 1 aromatic carbocycles. The van der Waals surface area contributed by atoms with Gasteiger partial charge in [0.25, 0.3) is 5.91 Å². The Labute approximate surface area is 107 Å². The number of nitrogens with zero attached hydrogens (tertiary/aromatic N) is 1. The molecule has 0 aliphatic carbocycles. The molecule has 0 atom stereocenters. The molecule has 0 unspecified atom stereocenters. The van der Waals surface area contributed by atoms with Gasteiger partial charge in [-0.2, -0.15) is 0 Å². The quantitative estimate of drug-likeness (QED) is 0.902. The Morgan fingerprint density at radius 3 is 2.47 bits per heavy atom. The van der Waals surface area contributed by atoms with E-state index in [9.17, 15) is 9.90 Å². The first-order valence-corrected chi connectivity index (χ1v) is 5.82. The van der Waals surface area contributed by atoms with Crippen molar-refractivity contribution in [2.24, 2.45) is 0 Å². The minimum absolute atomic E-state index is 0.141. The average molecular weight is 256 g/mol. The molecule has 0 saturated carbocycles. The molecule has 0 saturated heterocycles. The summed E-state index contributed by atoms with van der Waals surface area (Å²) in [5.74, 6) is -0.141. The van der Waals surface area contributed by atoms with Gasteiger partial charge in [-0.1, -0.05) is 11.6 Å². The molecule has 94 valence electrons. The van der Waals surface area contributed by atoms with Gasteiger partial charge in [-0.15, -0.1) is 0 Å². The summed E-state index contributed by atoms with van der Waals surface area (Å²) in [4.78, 5) is 13.6. The lowest BCUT2D eigenvalue weighted by atomic mass is 10.1. The summed E-state index contributed by atoms with van der Waals surface area (Å²) in [7, 11) is 1.66. The van der Waals surface area contributed by atoms with E-state index in [2.05, 4.69) is 0 Å². The first-order chi connectivity index (χ1) is 7.69. The van der Waals surface area contributed by atoms with Crippen LogP contribution in [0.15, 0.2) is 18.2 Å². The predicted molar refractivity (Wildman–Crippen MR) is 69.4 cm³/mol. The lowest BCUT2D eigenvalue weighted by Gasteiger charge is -2.25. The van der Waals surface area contributed by atoms with E-state index >= 15 is 0 Å². The number of amides is 1. The maximum absolute atomic E-state index is 12.1. The van der Waals surface area contributed by atoms with Crippen LogP contribution in [0.1, 0.15) is 29.8 Å². The van der Waals surface area contributed by atoms with Crippen LogP contribution in [0, 0.1) is 6.92 Å². The second kappa shape index (κ2) is 5.07. The van der Waals surface area contributed by atoms with Gasteiger partial charge >= 0.3 is 0 Å². The maximum Gasteiger partial charge on any atom is 0.253 e. The van der Waals surface area contributed by atoms with E-state index in [0.717, 1.165) is 5.56 Å². The highest BCUT2D eigenvalue weighted by atomic mass is 35.5. The van der Waals surface area contributed by atoms with E-state index in [0.29, 0.717) is 10.6 Å². The molecule has 0 bridgehead atoms. The number of likely N-dealkylation sites (N-methyl/N-ethyl adjacent to an activating group) is 1. The molecule has 0 aliphatic rings. The largest absolute Gasteiger partial charge is 0.389 e. The zero-order valence-corrected chi connectivity index (χ0v) is 11.4. The third-order valence-electron chi connectivity index (χ3n) is 2.26. The van der Waals surface area contributed by atoms with Crippen molar-refractivity contribution in [3.05, 3.63) is 34.3 Å². The normalized spacial score (nSPS) is 11.4. The first kappa shape index (κ1) is 14.0. The lowest BCUT2D eigenvalue weighted by molar-refractivity contribution is 0.0368. The monoisotopic (exact) mass is 255 g/mol. The molecule has 0 radical (unpaired) electrons. The second-order valence-electron chi connectivity index (χ2n) is 4.99. The fourth-order valence-corrected chi connectivity index (χ4v) is 2.02. The van der Waals surface area contributed by atoms with Crippen molar-refractivity contribution in [1.82, 2.24) is 4.90 Å². The third kappa shape index (κ3) is 4.36. The molecule has 0 aliphatic heterocycles. The van der Waals surface area contributed by atoms with Gasteiger partial charge in [0.1, 0.15) is 0 Å². The highest BCUT2D eigenvalue weighted by Gasteiger charge is 2.20. The molecule has 1 N–H and O–H groups in total. The topological polar surface area (TPSA) is 40.5 Å². The molecule has 0 aromatic heterocycles. The molecule has 0 fully saturated rings. The number of carbonyl (C=O) groups is 1. The summed E-state index contributed by atoms with van der Waals surface area (Å²) in [5.41, 5.74) is 0.581. The molecule has 4 heteroatoms. The number of aryl methyl sites for hydroxylation is 1. The molecule has 0 spiro atoms. The van der Waals surface area contributed by atoms with E-state index in [4.69, 9.17) is 11.6 Å². The molecule has 1 rings (SSSR count). The van der Waals surface area contributed by atoms with Gasteiger partial charge in [-0.05, 0) is 44.5 Å². The molecular weight excluding hydrogens is 238 g/mol. The number of rotatable bonds is 3. The van der Waals surface area contributed by atoms with E-state index in [1.165, 1.54) is 4.90 Å². The van der Waals surface area contributed by atoms with E-state index in [-0.39, 0.29) is 12.5 Å². The number of hydrogen-bond acceptors (Lipinski definition) is 2. The number of halogens is 1. The van der Waals surface area contributed by atoms with Crippen LogP contribution in [-0.4, -0.2) is 35.1 Å². The van der Waals surface area contributed by atoms with Crippen molar-refractivity contribution in [2.45, 2.75) is 26.4 Å². The Hall–Kier alpha value is -1.06. The number of aliphatic hydroxyl groups is 1. The van der Waals surface area contributed by atoms with Crippen LogP contribution >= 0.6 is 11.6 Å². The van der Waals surface area contributed by atoms with Gasteiger partial charge in [-0.3, -0.25) is 4.79 Å². The van der Waals surface area contributed by atoms with Crippen molar-refractivity contribution >= 4 is 17.5 Å². The van der Waals surface area contributed by atoms with Crippen LogP contribution < -0.4 is 0 Å². The standard InChI is InChI=1S/C13H18ClNO2/c1-9-5-10(7-11(14)6-9)12(16)15(4)8-13(2,3)17/h5-7,17H,8H2,1-4H3. The first-order valence-electron chi connectivity index (χ1n) is 5.44. The van der Waals surface area contributed by atoms with Gasteiger partial charge in [0.2, 0.25) is 0 Å². The van der Waals surface area contributed by atoms with E-state index in [1.54, 1.807) is 39.1 Å². The van der Waals surface area contributed by atoms with Gasteiger partial charge < -0.3 is 10.0 Å². The zero-order valence-electron chi connectivity index (χ0n) is 10.6. The highest BCUT2D eigenvalue weighted by Crippen LogP contribution is 2.16. The average Bonchev–Trinajstić information content (AvgIpc) is 2.12. The minimum Gasteiger partial charge on any atom is -0.389 e. The summed E-state index contributed by atoms with van der Waals surface area (Å²) < 4.78 is 0. The summed E-state index contributed by atoms with van der Waals surface area (Å²) in [6.07, 6.45) is 0. The second-order valence-corrected chi connectivity index (χ2v) is 5.43.